The van der Waals surface area contributed by atoms with Gasteiger partial charge in [-0.25, -0.2) is 4.98 Å². The molecule has 4 rings (SSSR count). The molecule has 0 N–H and O–H groups in total. The highest BCUT2D eigenvalue weighted by Crippen LogP contribution is 2.35. The Morgan fingerprint density at radius 3 is 2.73 bits per heavy atom. The normalized spacial score (nSPS) is 23.7. The molecule has 22 heavy (non-hydrogen) atoms. The number of aryl methyl sites for hydroxylation is 1. The maximum Gasteiger partial charge on any atom is 0.155 e. The van der Waals surface area contributed by atoms with E-state index in [0.29, 0.717) is 12.2 Å². The predicted molar refractivity (Wildman–Crippen MR) is 85.2 cm³/mol. The highest BCUT2D eigenvalue weighted by Gasteiger charge is 2.38. The van der Waals surface area contributed by atoms with Crippen molar-refractivity contribution in [2.45, 2.75) is 39.3 Å². The summed E-state index contributed by atoms with van der Waals surface area (Å²) in [6.45, 7) is 4.98. The molecule has 0 radical (unpaired) electrons. The van der Waals surface area contributed by atoms with Crippen LogP contribution in [0.5, 0.6) is 0 Å². The Labute approximate surface area is 129 Å². The minimum absolute atomic E-state index is 0.0614. The summed E-state index contributed by atoms with van der Waals surface area (Å²) in [5.41, 5.74) is 4.23. The van der Waals surface area contributed by atoms with Gasteiger partial charge in [-0.1, -0.05) is 30.3 Å². The van der Waals surface area contributed by atoms with Crippen molar-refractivity contribution in [2.75, 3.05) is 0 Å². The second-order valence-corrected chi connectivity index (χ2v) is 6.21. The van der Waals surface area contributed by atoms with E-state index in [1.165, 1.54) is 5.69 Å². The van der Waals surface area contributed by atoms with Crippen LogP contribution in [0.1, 0.15) is 41.7 Å². The number of rotatable bonds is 1. The molecule has 0 saturated heterocycles. The second-order valence-electron chi connectivity index (χ2n) is 6.21. The number of carbonyl (C=O) groups is 1. The van der Waals surface area contributed by atoms with Gasteiger partial charge in [-0.3, -0.25) is 9.79 Å². The Balaban J connectivity index is 1.83. The fourth-order valence-corrected chi connectivity index (χ4v) is 3.55. The van der Waals surface area contributed by atoms with Crippen molar-refractivity contribution in [1.82, 2.24) is 9.55 Å². The van der Waals surface area contributed by atoms with E-state index in [1.54, 1.807) is 0 Å². The minimum atomic E-state index is -0.0659. The van der Waals surface area contributed by atoms with Gasteiger partial charge in [0.2, 0.25) is 0 Å². The quantitative estimate of drug-likeness (QED) is 0.811. The van der Waals surface area contributed by atoms with Crippen LogP contribution in [0.25, 0.3) is 0 Å². The Kier molecular flexibility index (Phi) is 2.99. The Morgan fingerprint density at radius 1 is 1.18 bits per heavy atom. The number of carbonyl (C=O) groups excluding carboxylic acids is 1. The zero-order chi connectivity index (χ0) is 15.3. The molecule has 1 aromatic heterocycles. The van der Waals surface area contributed by atoms with Gasteiger partial charge >= 0.3 is 0 Å². The Bertz CT molecular complexity index is 773. The van der Waals surface area contributed by atoms with Crippen molar-refractivity contribution >= 4 is 11.5 Å². The van der Waals surface area contributed by atoms with E-state index in [1.807, 2.05) is 37.3 Å². The van der Waals surface area contributed by atoms with Crippen LogP contribution in [0, 0.1) is 19.8 Å². The van der Waals surface area contributed by atoms with Crippen LogP contribution < -0.4 is 0 Å². The van der Waals surface area contributed by atoms with E-state index >= 15 is 0 Å². The molecule has 0 bridgehead atoms. The van der Waals surface area contributed by atoms with E-state index in [2.05, 4.69) is 16.5 Å². The molecule has 2 atom stereocenters. The summed E-state index contributed by atoms with van der Waals surface area (Å²) >= 11 is 0. The molecule has 1 unspecified atom stereocenters. The number of hydrogen-bond acceptors (Lipinski definition) is 3. The van der Waals surface area contributed by atoms with Crippen molar-refractivity contribution in [2.24, 2.45) is 10.9 Å². The van der Waals surface area contributed by atoms with E-state index < -0.39 is 0 Å². The van der Waals surface area contributed by atoms with Crippen molar-refractivity contribution in [3.63, 3.8) is 0 Å². The number of Topliss-reactive ketones (excluding diaryl/α,β-unsaturated/α-hetero) is 1. The molecule has 1 aromatic carbocycles. The number of benzene rings is 1. The molecule has 0 aliphatic carbocycles. The molecule has 112 valence electrons. The third-order valence-corrected chi connectivity index (χ3v) is 4.92. The summed E-state index contributed by atoms with van der Waals surface area (Å²) in [7, 11) is 0. The van der Waals surface area contributed by atoms with Crippen LogP contribution in [0.15, 0.2) is 35.3 Å². The van der Waals surface area contributed by atoms with Gasteiger partial charge in [-0.15, -0.1) is 0 Å². The molecule has 2 aliphatic heterocycles. The largest absolute Gasteiger partial charge is 0.327 e. The zero-order valence-corrected chi connectivity index (χ0v) is 12.9. The summed E-state index contributed by atoms with van der Waals surface area (Å²) in [5, 5.41) is 0. The van der Waals surface area contributed by atoms with Crippen LogP contribution >= 0.6 is 0 Å². The van der Waals surface area contributed by atoms with Crippen molar-refractivity contribution < 1.29 is 4.79 Å². The molecular formula is C18H19N3O. The fraction of sp³-hybridized carbons (Fsp3) is 0.389. The van der Waals surface area contributed by atoms with Crippen LogP contribution in [-0.4, -0.2) is 21.0 Å². The van der Waals surface area contributed by atoms with Gasteiger partial charge in [0.1, 0.15) is 5.78 Å². The smallest absolute Gasteiger partial charge is 0.155 e. The molecule has 0 fully saturated rings. The Hall–Kier alpha value is -2.23. The first-order valence-corrected chi connectivity index (χ1v) is 7.84. The second kappa shape index (κ2) is 4.90. The van der Waals surface area contributed by atoms with Crippen LogP contribution in [-0.2, 0) is 11.3 Å². The van der Waals surface area contributed by atoms with Gasteiger partial charge < -0.3 is 4.57 Å². The lowest BCUT2D eigenvalue weighted by atomic mass is 9.83. The highest BCUT2D eigenvalue weighted by atomic mass is 16.1. The monoisotopic (exact) mass is 293 g/mol. The number of nitrogens with zero attached hydrogens (tertiary/aromatic N) is 3. The third-order valence-electron chi connectivity index (χ3n) is 4.92. The van der Waals surface area contributed by atoms with Crippen molar-refractivity contribution in [3.8, 4) is 0 Å². The van der Waals surface area contributed by atoms with Crippen LogP contribution in [0.3, 0.4) is 0 Å². The number of aromatic nitrogens is 2. The first-order valence-electron chi connectivity index (χ1n) is 7.84. The molecule has 3 heterocycles. The summed E-state index contributed by atoms with van der Waals surface area (Å²) in [5.74, 6) is 1.15. The molecule has 0 saturated carbocycles. The summed E-state index contributed by atoms with van der Waals surface area (Å²) < 4.78 is 2.21. The summed E-state index contributed by atoms with van der Waals surface area (Å²) in [4.78, 5) is 22.2. The van der Waals surface area contributed by atoms with Gasteiger partial charge in [0.15, 0.2) is 5.82 Å². The molecule has 4 nitrogen and oxygen atoms in total. The molecular weight excluding hydrogens is 274 g/mol. The van der Waals surface area contributed by atoms with Crippen LogP contribution in [0.4, 0.5) is 0 Å². The third kappa shape index (κ3) is 1.94. The van der Waals surface area contributed by atoms with E-state index in [-0.39, 0.29) is 12.0 Å². The fourth-order valence-electron chi connectivity index (χ4n) is 3.55. The van der Waals surface area contributed by atoms with E-state index in [9.17, 15) is 4.79 Å². The number of fused-ring (bicyclic) bond motifs is 3. The van der Waals surface area contributed by atoms with Gasteiger partial charge in [0.05, 0.1) is 23.4 Å². The van der Waals surface area contributed by atoms with Gasteiger partial charge in [0, 0.05) is 18.7 Å². The minimum Gasteiger partial charge on any atom is -0.327 e. The number of ketones is 1. The van der Waals surface area contributed by atoms with Gasteiger partial charge in [-0.2, -0.15) is 0 Å². The number of hydrogen-bond donors (Lipinski definition) is 0. The van der Waals surface area contributed by atoms with Crippen LogP contribution in [0.2, 0.25) is 0 Å². The van der Waals surface area contributed by atoms with E-state index in [0.717, 1.165) is 35.8 Å². The topological polar surface area (TPSA) is 47.2 Å². The van der Waals surface area contributed by atoms with Crippen molar-refractivity contribution in [1.29, 1.82) is 0 Å². The van der Waals surface area contributed by atoms with Gasteiger partial charge in [-0.05, 0) is 25.8 Å². The van der Waals surface area contributed by atoms with Crippen molar-refractivity contribution in [3.05, 3.63) is 53.1 Å². The number of imidazole rings is 1. The summed E-state index contributed by atoms with van der Waals surface area (Å²) in [6.07, 6.45) is 1.36. The molecule has 2 aromatic rings. The Morgan fingerprint density at radius 2 is 1.95 bits per heavy atom. The maximum atomic E-state index is 12.6. The average Bonchev–Trinajstić information content (AvgIpc) is 2.84. The first kappa shape index (κ1) is 13.4. The maximum absolute atomic E-state index is 12.6. The standard InChI is InChI=1S/C18H19N3O/c1-11-12(2)21-9-8-14-16(22)10-15(13-6-4-3-5-7-13)20-17(14)18(21)19-11/h3-7,14-15H,8-10H2,1-2H3/t14?,15-/m0/s1. The lowest BCUT2D eigenvalue weighted by molar-refractivity contribution is -0.122. The zero-order valence-electron chi connectivity index (χ0n) is 12.9. The predicted octanol–water partition coefficient (Wildman–Crippen LogP) is 3.02. The molecule has 0 spiro atoms. The lowest BCUT2D eigenvalue weighted by Crippen LogP contribution is -2.37. The average molecular weight is 293 g/mol. The summed E-state index contributed by atoms with van der Waals surface area (Å²) in [6, 6.07) is 10.0. The van der Waals surface area contributed by atoms with E-state index in [4.69, 9.17) is 4.99 Å². The molecule has 0 amide bonds. The molecule has 4 heteroatoms. The SMILES string of the molecule is Cc1nc2n(c1C)CCC1C(=O)C[C@@H](c3ccccc3)N=C21. The first-order chi connectivity index (χ1) is 10.6. The lowest BCUT2D eigenvalue weighted by Gasteiger charge is -2.31. The van der Waals surface area contributed by atoms with Gasteiger partial charge in [0.25, 0.3) is 0 Å². The molecule has 2 aliphatic rings. The highest BCUT2D eigenvalue weighted by molar-refractivity contribution is 6.14. The number of aliphatic imine (C=N–C) groups is 1.